The van der Waals surface area contributed by atoms with E-state index in [-0.39, 0.29) is 0 Å². The van der Waals surface area contributed by atoms with Gasteiger partial charge in [-0.05, 0) is 37.6 Å². The average molecular weight is 255 g/mol. The number of pyridine rings is 1. The van der Waals surface area contributed by atoms with E-state index in [4.69, 9.17) is 0 Å². The second-order valence-corrected chi connectivity index (χ2v) is 5.29. The van der Waals surface area contributed by atoms with Crippen LogP contribution in [0.3, 0.4) is 0 Å². The molecule has 1 aliphatic heterocycles. The molecular weight excluding hydrogens is 234 g/mol. The van der Waals surface area contributed by atoms with Crippen LogP contribution in [0.2, 0.25) is 0 Å². The fourth-order valence-electron chi connectivity index (χ4n) is 2.81. The largest absolute Gasteiger partial charge is 0.370 e. The lowest BCUT2D eigenvalue weighted by molar-refractivity contribution is 0.528. The number of aromatic nitrogens is 1. The van der Waals surface area contributed by atoms with E-state index in [1.54, 1.807) is 0 Å². The van der Waals surface area contributed by atoms with E-state index in [1.165, 1.54) is 17.5 Å². The van der Waals surface area contributed by atoms with Gasteiger partial charge in [-0.25, -0.2) is 0 Å². The van der Waals surface area contributed by atoms with Crippen molar-refractivity contribution in [2.24, 2.45) is 5.92 Å². The summed E-state index contributed by atoms with van der Waals surface area (Å²) in [5, 5.41) is 4.68. The summed E-state index contributed by atoms with van der Waals surface area (Å²) in [6.07, 6.45) is 3.29. The Morgan fingerprint density at radius 2 is 2.26 bits per heavy atom. The van der Waals surface area contributed by atoms with Gasteiger partial charge in [0.25, 0.3) is 0 Å². The third-order valence-electron chi connectivity index (χ3n) is 3.91. The molecule has 1 aliphatic rings. The lowest BCUT2D eigenvalue weighted by Crippen LogP contribution is -2.26. The fourth-order valence-corrected chi connectivity index (χ4v) is 2.81. The molecule has 1 atom stereocenters. The topological polar surface area (TPSA) is 28.2 Å². The summed E-state index contributed by atoms with van der Waals surface area (Å²) in [4.78, 5) is 7.02. The van der Waals surface area contributed by atoms with Crippen LogP contribution in [0.5, 0.6) is 0 Å². The van der Waals surface area contributed by atoms with Crippen molar-refractivity contribution in [1.29, 1.82) is 0 Å². The van der Waals surface area contributed by atoms with Gasteiger partial charge in [0.2, 0.25) is 0 Å². The van der Waals surface area contributed by atoms with E-state index in [1.807, 2.05) is 12.3 Å². The summed E-state index contributed by atoms with van der Waals surface area (Å²) >= 11 is 0. The highest BCUT2D eigenvalue weighted by Crippen LogP contribution is 2.25. The first-order chi connectivity index (χ1) is 9.36. The molecule has 1 aromatic carbocycles. The Hall–Kier alpha value is -1.61. The van der Waals surface area contributed by atoms with Gasteiger partial charge >= 0.3 is 0 Å². The predicted octanol–water partition coefficient (Wildman–Crippen LogP) is 2.67. The molecule has 3 heteroatoms. The molecule has 0 saturated carbocycles. The first kappa shape index (κ1) is 12.4. The number of rotatable bonds is 4. The molecule has 19 heavy (non-hydrogen) atoms. The van der Waals surface area contributed by atoms with Crippen molar-refractivity contribution in [3.8, 4) is 0 Å². The summed E-state index contributed by atoms with van der Waals surface area (Å²) in [7, 11) is 0. The van der Waals surface area contributed by atoms with Crippen molar-refractivity contribution in [2.45, 2.75) is 13.3 Å². The highest BCUT2D eigenvalue weighted by molar-refractivity contribution is 5.81. The van der Waals surface area contributed by atoms with Gasteiger partial charge in [-0.2, -0.15) is 0 Å². The van der Waals surface area contributed by atoms with Gasteiger partial charge in [0.05, 0.1) is 17.4 Å². The molecule has 0 spiro atoms. The van der Waals surface area contributed by atoms with Gasteiger partial charge in [-0.1, -0.05) is 25.1 Å². The predicted molar refractivity (Wildman–Crippen MR) is 80.6 cm³/mol. The van der Waals surface area contributed by atoms with Crippen LogP contribution in [-0.2, 0) is 0 Å². The molecule has 1 aromatic heterocycles. The highest BCUT2D eigenvalue weighted by atomic mass is 15.2. The number of hydrogen-bond donors (Lipinski definition) is 1. The minimum absolute atomic E-state index is 0.770. The second kappa shape index (κ2) is 5.57. The van der Waals surface area contributed by atoms with Crippen molar-refractivity contribution >= 4 is 16.6 Å². The number of para-hydroxylation sites is 1. The van der Waals surface area contributed by atoms with Crippen molar-refractivity contribution in [2.75, 3.05) is 31.1 Å². The van der Waals surface area contributed by atoms with Crippen LogP contribution in [0.15, 0.2) is 36.5 Å². The molecule has 0 radical (unpaired) electrons. The maximum atomic E-state index is 4.56. The van der Waals surface area contributed by atoms with Crippen LogP contribution in [0.4, 0.5) is 5.69 Å². The van der Waals surface area contributed by atoms with E-state index in [0.717, 1.165) is 37.6 Å². The van der Waals surface area contributed by atoms with Crippen LogP contribution < -0.4 is 10.2 Å². The minimum Gasteiger partial charge on any atom is -0.370 e. The van der Waals surface area contributed by atoms with E-state index in [0.29, 0.717) is 0 Å². The summed E-state index contributed by atoms with van der Waals surface area (Å²) in [5.41, 5.74) is 2.34. The molecule has 0 amide bonds. The van der Waals surface area contributed by atoms with Crippen molar-refractivity contribution in [3.63, 3.8) is 0 Å². The zero-order chi connectivity index (χ0) is 13.1. The molecule has 0 aliphatic carbocycles. The molecule has 1 saturated heterocycles. The van der Waals surface area contributed by atoms with Gasteiger partial charge in [0, 0.05) is 18.5 Å². The summed E-state index contributed by atoms with van der Waals surface area (Å²) in [6.45, 7) is 6.66. The van der Waals surface area contributed by atoms with Crippen molar-refractivity contribution in [1.82, 2.24) is 10.3 Å². The first-order valence-electron chi connectivity index (χ1n) is 7.17. The second-order valence-electron chi connectivity index (χ2n) is 5.29. The molecular formula is C16H21N3. The molecule has 2 heterocycles. The van der Waals surface area contributed by atoms with E-state index >= 15 is 0 Å². The monoisotopic (exact) mass is 255 g/mol. The zero-order valence-electron chi connectivity index (χ0n) is 11.5. The third-order valence-corrected chi connectivity index (χ3v) is 3.91. The van der Waals surface area contributed by atoms with Crippen LogP contribution in [0, 0.1) is 5.92 Å². The highest BCUT2D eigenvalue weighted by Gasteiger charge is 2.22. The number of hydrogen-bond acceptors (Lipinski definition) is 3. The Bertz CT molecular complexity index is 552. The van der Waals surface area contributed by atoms with E-state index in [9.17, 15) is 0 Å². The van der Waals surface area contributed by atoms with Crippen molar-refractivity contribution in [3.05, 3.63) is 36.5 Å². The summed E-state index contributed by atoms with van der Waals surface area (Å²) in [5.74, 6) is 0.770. The average Bonchev–Trinajstić information content (AvgIpc) is 2.93. The number of fused-ring (bicyclic) bond motifs is 1. The maximum absolute atomic E-state index is 4.56. The van der Waals surface area contributed by atoms with Crippen molar-refractivity contribution < 1.29 is 0 Å². The molecule has 100 valence electrons. The minimum atomic E-state index is 0.770. The lowest BCUT2D eigenvalue weighted by Gasteiger charge is -2.19. The Balaban J connectivity index is 1.74. The lowest BCUT2D eigenvalue weighted by atomic mass is 10.1. The quantitative estimate of drug-likeness (QED) is 0.910. The number of anilines is 1. The molecule has 1 N–H and O–H groups in total. The third kappa shape index (κ3) is 2.71. The van der Waals surface area contributed by atoms with Gasteiger partial charge in [0.1, 0.15) is 0 Å². The molecule has 0 bridgehead atoms. The molecule has 3 nitrogen and oxygen atoms in total. The molecule has 3 rings (SSSR count). The SMILES string of the molecule is CCNCC1CCN(c2cnc3ccccc3c2)C1. The Morgan fingerprint density at radius 1 is 1.37 bits per heavy atom. The number of benzene rings is 1. The first-order valence-corrected chi connectivity index (χ1v) is 7.17. The normalized spacial score (nSPS) is 19.2. The number of nitrogens with one attached hydrogen (secondary N) is 1. The van der Waals surface area contributed by atoms with Crippen LogP contribution in [0.1, 0.15) is 13.3 Å². The standard InChI is InChI=1S/C16H21N3/c1-2-17-10-13-7-8-19(12-13)15-9-14-5-3-4-6-16(14)18-11-15/h3-6,9,11,13,17H,2,7-8,10,12H2,1H3. The van der Waals surface area contributed by atoms with Gasteiger partial charge in [-0.3, -0.25) is 4.98 Å². The molecule has 1 unspecified atom stereocenters. The van der Waals surface area contributed by atoms with E-state index < -0.39 is 0 Å². The van der Waals surface area contributed by atoms with Crippen LogP contribution in [-0.4, -0.2) is 31.2 Å². The molecule has 1 fully saturated rings. The van der Waals surface area contributed by atoms with E-state index in [2.05, 4.69) is 46.4 Å². The van der Waals surface area contributed by atoms with Gasteiger partial charge < -0.3 is 10.2 Å². The molecule has 2 aromatic rings. The van der Waals surface area contributed by atoms with Crippen LogP contribution in [0.25, 0.3) is 10.9 Å². The Kier molecular flexibility index (Phi) is 3.65. The summed E-state index contributed by atoms with van der Waals surface area (Å²) in [6, 6.07) is 10.6. The zero-order valence-corrected chi connectivity index (χ0v) is 11.5. The smallest absolute Gasteiger partial charge is 0.0703 e. The Morgan fingerprint density at radius 3 is 3.16 bits per heavy atom. The Labute approximate surface area is 114 Å². The summed E-state index contributed by atoms with van der Waals surface area (Å²) < 4.78 is 0. The fraction of sp³-hybridized carbons (Fsp3) is 0.438. The van der Waals surface area contributed by atoms with Gasteiger partial charge in [0.15, 0.2) is 0 Å². The number of nitrogens with zero attached hydrogens (tertiary/aromatic N) is 2. The van der Waals surface area contributed by atoms with Crippen LogP contribution >= 0.6 is 0 Å². The maximum Gasteiger partial charge on any atom is 0.0703 e. The van der Waals surface area contributed by atoms with Gasteiger partial charge in [-0.15, -0.1) is 0 Å².